The lowest BCUT2D eigenvalue weighted by atomic mass is 10.0. The quantitative estimate of drug-likeness (QED) is 0.341. The summed E-state index contributed by atoms with van der Waals surface area (Å²) in [6, 6.07) is 6.44. The third-order valence-corrected chi connectivity index (χ3v) is 8.25. The van der Waals surface area contributed by atoms with E-state index in [-0.39, 0.29) is 17.9 Å². The van der Waals surface area contributed by atoms with Gasteiger partial charge in [-0.1, -0.05) is 25.1 Å². The number of fused-ring (bicyclic) bond motifs is 1. The third-order valence-electron chi connectivity index (χ3n) is 8.25. The number of anilines is 1. The first-order valence-corrected chi connectivity index (χ1v) is 14.2. The van der Waals surface area contributed by atoms with Gasteiger partial charge in [-0.2, -0.15) is 5.10 Å². The Morgan fingerprint density at radius 3 is 2.41 bits per heavy atom. The molecule has 1 saturated heterocycles. The number of nitrogens with zero attached hydrogens (tertiary/aromatic N) is 3. The first kappa shape index (κ1) is 27.1. The predicted molar refractivity (Wildman–Crippen MR) is 151 cm³/mol. The molecule has 1 aliphatic carbocycles. The standard InChI is InChI=1S/C30H40N6O3/c1-5-25-23(26(34-22-9-13-39-14-10-22)24-18-33-36(6-2)27(24)35-25)17-32-29(38)30(11-12-30)28(37)31-16-21-8-7-19(3)20(4)15-21/h7-8,15,18,22H,5-6,9-14,16-17H2,1-4H3,(H,31,37)(H,32,38)(H,34,35). The minimum absolute atomic E-state index is 0.202. The van der Waals surface area contributed by atoms with Crippen LogP contribution in [0.25, 0.3) is 11.0 Å². The fourth-order valence-corrected chi connectivity index (χ4v) is 5.39. The van der Waals surface area contributed by atoms with E-state index in [0.717, 1.165) is 72.6 Å². The van der Waals surface area contributed by atoms with Crippen LogP contribution in [0.15, 0.2) is 24.4 Å². The monoisotopic (exact) mass is 532 g/mol. The predicted octanol–water partition coefficient (Wildman–Crippen LogP) is 3.93. The third kappa shape index (κ3) is 5.50. The molecular formula is C30H40N6O3. The number of carbonyl (C=O) groups excluding carboxylic acids is 2. The van der Waals surface area contributed by atoms with Gasteiger partial charge in [-0.3, -0.25) is 9.59 Å². The van der Waals surface area contributed by atoms with Crippen molar-refractivity contribution in [1.29, 1.82) is 0 Å². The largest absolute Gasteiger partial charge is 0.381 e. The smallest absolute Gasteiger partial charge is 0.235 e. The van der Waals surface area contributed by atoms with Gasteiger partial charge < -0.3 is 20.7 Å². The van der Waals surface area contributed by atoms with Crippen LogP contribution >= 0.6 is 0 Å². The number of ether oxygens (including phenoxy) is 1. The van der Waals surface area contributed by atoms with E-state index in [4.69, 9.17) is 9.72 Å². The van der Waals surface area contributed by atoms with Crippen molar-refractivity contribution in [3.63, 3.8) is 0 Å². The summed E-state index contributed by atoms with van der Waals surface area (Å²) in [5, 5.41) is 15.4. The summed E-state index contributed by atoms with van der Waals surface area (Å²) >= 11 is 0. The molecule has 2 amide bonds. The van der Waals surface area contributed by atoms with Gasteiger partial charge >= 0.3 is 0 Å². The lowest BCUT2D eigenvalue weighted by Crippen LogP contribution is -2.42. The zero-order chi connectivity index (χ0) is 27.6. The van der Waals surface area contributed by atoms with Crippen molar-refractivity contribution in [2.24, 2.45) is 5.41 Å². The number of nitrogens with one attached hydrogen (secondary N) is 3. The highest BCUT2D eigenvalue weighted by Gasteiger charge is 2.56. The van der Waals surface area contributed by atoms with Crippen LogP contribution in [0.4, 0.5) is 5.69 Å². The van der Waals surface area contributed by atoms with Gasteiger partial charge in [-0.15, -0.1) is 0 Å². The van der Waals surface area contributed by atoms with E-state index in [1.165, 1.54) is 11.1 Å². The molecule has 3 N–H and O–H groups in total. The number of hydrogen-bond donors (Lipinski definition) is 3. The van der Waals surface area contributed by atoms with Gasteiger partial charge in [0.05, 0.1) is 17.3 Å². The molecule has 2 aromatic heterocycles. The minimum Gasteiger partial charge on any atom is -0.381 e. The molecular weight excluding hydrogens is 492 g/mol. The molecule has 0 spiro atoms. The van der Waals surface area contributed by atoms with Crippen molar-refractivity contribution in [3.8, 4) is 0 Å². The molecule has 0 radical (unpaired) electrons. The van der Waals surface area contributed by atoms with Gasteiger partial charge in [0.15, 0.2) is 5.65 Å². The topological polar surface area (TPSA) is 110 Å². The summed E-state index contributed by atoms with van der Waals surface area (Å²) in [7, 11) is 0. The molecule has 0 atom stereocenters. The Morgan fingerprint density at radius 1 is 1.05 bits per heavy atom. The zero-order valence-electron chi connectivity index (χ0n) is 23.5. The summed E-state index contributed by atoms with van der Waals surface area (Å²) in [6.45, 7) is 11.2. The summed E-state index contributed by atoms with van der Waals surface area (Å²) in [4.78, 5) is 31.5. The van der Waals surface area contributed by atoms with E-state index < -0.39 is 5.41 Å². The lowest BCUT2D eigenvalue weighted by molar-refractivity contribution is -0.137. The second-order valence-electron chi connectivity index (χ2n) is 10.9. The molecule has 3 heterocycles. The maximum Gasteiger partial charge on any atom is 0.235 e. The van der Waals surface area contributed by atoms with Crippen molar-refractivity contribution < 1.29 is 14.3 Å². The van der Waals surface area contributed by atoms with Crippen molar-refractivity contribution >= 4 is 28.5 Å². The molecule has 3 aromatic rings. The Morgan fingerprint density at radius 2 is 1.77 bits per heavy atom. The van der Waals surface area contributed by atoms with Crippen LogP contribution in [0.2, 0.25) is 0 Å². The maximum absolute atomic E-state index is 13.4. The van der Waals surface area contributed by atoms with Gasteiger partial charge in [0.25, 0.3) is 0 Å². The fourth-order valence-electron chi connectivity index (χ4n) is 5.39. The molecule has 9 heteroatoms. The number of rotatable bonds is 10. The molecule has 208 valence electrons. The SMILES string of the molecule is CCc1nc2c(cnn2CC)c(NC2CCOCC2)c1CNC(=O)C1(C(=O)NCc2ccc(C)c(C)c2)CC1. The first-order chi connectivity index (χ1) is 18.9. The summed E-state index contributed by atoms with van der Waals surface area (Å²) < 4.78 is 7.47. The second-order valence-corrected chi connectivity index (χ2v) is 10.9. The number of aromatic nitrogens is 3. The highest BCUT2D eigenvalue weighted by atomic mass is 16.5. The number of pyridine rings is 1. The van der Waals surface area contributed by atoms with Crippen LogP contribution in [0.5, 0.6) is 0 Å². The van der Waals surface area contributed by atoms with Crippen molar-refractivity contribution in [3.05, 3.63) is 52.3 Å². The maximum atomic E-state index is 13.4. The Bertz CT molecular complexity index is 1370. The normalized spacial score (nSPS) is 16.7. The molecule has 0 unspecified atom stereocenters. The number of aryl methyl sites for hydroxylation is 4. The Hall–Kier alpha value is -3.46. The number of benzene rings is 1. The molecule has 0 bridgehead atoms. The molecule has 1 saturated carbocycles. The van der Waals surface area contributed by atoms with Crippen LogP contribution in [0, 0.1) is 19.3 Å². The molecule has 2 aliphatic rings. The van der Waals surface area contributed by atoms with Gasteiger partial charge in [-0.05, 0) is 69.6 Å². The van der Waals surface area contributed by atoms with E-state index in [0.29, 0.717) is 25.9 Å². The summed E-state index contributed by atoms with van der Waals surface area (Å²) in [6.07, 6.45) is 5.55. The van der Waals surface area contributed by atoms with Crippen molar-refractivity contribution in [2.75, 3.05) is 18.5 Å². The van der Waals surface area contributed by atoms with Crippen LogP contribution in [0.3, 0.4) is 0 Å². The molecule has 5 rings (SSSR count). The van der Waals surface area contributed by atoms with E-state index in [9.17, 15) is 9.59 Å². The highest BCUT2D eigenvalue weighted by Crippen LogP contribution is 2.46. The molecule has 2 fully saturated rings. The Balaban J connectivity index is 1.34. The van der Waals surface area contributed by atoms with Crippen molar-refractivity contribution in [1.82, 2.24) is 25.4 Å². The number of carbonyl (C=O) groups is 2. The van der Waals surface area contributed by atoms with Gasteiger partial charge in [-0.25, -0.2) is 9.67 Å². The minimum atomic E-state index is -0.995. The average molecular weight is 533 g/mol. The Kier molecular flexibility index (Phi) is 7.88. The van der Waals surface area contributed by atoms with Crippen molar-refractivity contribution in [2.45, 2.75) is 85.5 Å². The van der Waals surface area contributed by atoms with E-state index in [1.807, 2.05) is 16.9 Å². The van der Waals surface area contributed by atoms with Crippen LogP contribution < -0.4 is 16.0 Å². The lowest BCUT2D eigenvalue weighted by Gasteiger charge is -2.27. The number of hydrogen-bond acceptors (Lipinski definition) is 6. The first-order valence-electron chi connectivity index (χ1n) is 14.2. The fraction of sp³-hybridized carbons (Fsp3) is 0.533. The van der Waals surface area contributed by atoms with Crippen LogP contribution in [-0.4, -0.2) is 45.8 Å². The van der Waals surface area contributed by atoms with Crippen LogP contribution in [-0.2, 0) is 40.4 Å². The molecule has 39 heavy (non-hydrogen) atoms. The molecule has 1 aliphatic heterocycles. The van der Waals surface area contributed by atoms with Crippen LogP contribution in [0.1, 0.15) is 67.5 Å². The number of amides is 2. The molecule has 1 aromatic carbocycles. The van der Waals surface area contributed by atoms with E-state index >= 15 is 0 Å². The summed E-state index contributed by atoms with van der Waals surface area (Å²) in [5.74, 6) is -0.421. The zero-order valence-corrected chi connectivity index (χ0v) is 23.5. The summed E-state index contributed by atoms with van der Waals surface area (Å²) in [5.41, 5.74) is 6.17. The average Bonchev–Trinajstić information content (AvgIpc) is 3.67. The van der Waals surface area contributed by atoms with E-state index in [1.54, 1.807) is 0 Å². The molecule has 9 nitrogen and oxygen atoms in total. The van der Waals surface area contributed by atoms with E-state index in [2.05, 4.69) is 60.9 Å². The van der Waals surface area contributed by atoms with Gasteiger partial charge in [0.2, 0.25) is 11.8 Å². The Labute approximate surface area is 230 Å². The second kappa shape index (κ2) is 11.3. The highest BCUT2D eigenvalue weighted by molar-refractivity contribution is 6.08. The van der Waals surface area contributed by atoms with Gasteiger partial charge in [0, 0.05) is 50.1 Å². The van der Waals surface area contributed by atoms with Gasteiger partial charge in [0.1, 0.15) is 5.41 Å².